The fourth-order valence-electron chi connectivity index (χ4n) is 3.79. The van der Waals surface area contributed by atoms with E-state index in [0.29, 0.717) is 19.3 Å². The molecule has 0 unspecified atom stereocenters. The van der Waals surface area contributed by atoms with Crippen molar-refractivity contribution in [2.24, 2.45) is 11.8 Å². The molecule has 0 heterocycles. The number of carbonyl (C=O) groups is 3. The Balaban J connectivity index is 1.99. The van der Waals surface area contributed by atoms with Crippen molar-refractivity contribution in [3.8, 4) is 0 Å². The van der Waals surface area contributed by atoms with Crippen LogP contribution in [0.25, 0.3) is 0 Å². The predicted octanol–water partition coefficient (Wildman–Crippen LogP) is 6.55. The van der Waals surface area contributed by atoms with Crippen LogP contribution in [0.3, 0.4) is 0 Å². The van der Waals surface area contributed by atoms with Crippen LogP contribution in [0.4, 0.5) is 0 Å². The Kier molecular flexibility index (Phi) is 13.5. The van der Waals surface area contributed by atoms with Gasteiger partial charge in [-0.15, -0.1) is 0 Å². The van der Waals surface area contributed by atoms with Gasteiger partial charge in [0.05, 0.1) is 0 Å². The quantitative estimate of drug-likeness (QED) is 0.181. The van der Waals surface area contributed by atoms with E-state index in [1.165, 1.54) is 38.5 Å². The van der Waals surface area contributed by atoms with Gasteiger partial charge in [0.15, 0.2) is 17.3 Å². The lowest BCUT2D eigenvalue weighted by Gasteiger charge is -2.22. The van der Waals surface area contributed by atoms with Gasteiger partial charge in [-0.05, 0) is 44.4 Å². The number of hydrogen-bond donors (Lipinski definition) is 0. The van der Waals surface area contributed by atoms with Crippen LogP contribution in [-0.2, 0) is 14.4 Å². The molecule has 0 aliphatic heterocycles. The minimum atomic E-state index is -0.943. The number of Topliss-reactive ketones (excluding diaryl/α,β-unsaturated/α-hetero) is 3. The van der Waals surface area contributed by atoms with Crippen LogP contribution in [0, 0.1) is 11.8 Å². The van der Waals surface area contributed by atoms with Gasteiger partial charge < -0.3 is 0 Å². The standard InChI is InChI=1S/C25H40O3/c1-3-4-5-6-7-8-9-10-11-12-13-14-15-16-17-18-22(26)25-23(27)19-21(2)20-24(25)28/h7-8,10-11,21,25H,3-6,9,12-20H2,1-2H3/b8-7-,11-10-. The van der Waals surface area contributed by atoms with E-state index < -0.39 is 5.92 Å². The molecular formula is C25H40O3. The van der Waals surface area contributed by atoms with Crippen molar-refractivity contribution in [1.29, 1.82) is 0 Å². The van der Waals surface area contributed by atoms with Crippen molar-refractivity contribution < 1.29 is 14.4 Å². The van der Waals surface area contributed by atoms with E-state index >= 15 is 0 Å². The number of carbonyl (C=O) groups excluding carboxylic acids is 3. The molecule has 1 rings (SSSR count). The average Bonchev–Trinajstić information content (AvgIpc) is 2.64. The van der Waals surface area contributed by atoms with E-state index in [1.54, 1.807) is 0 Å². The smallest absolute Gasteiger partial charge is 0.151 e. The molecule has 28 heavy (non-hydrogen) atoms. The highest BCUT2D eigenvalue weighted by atomic mass is 16.2. The summed E-state index contributed by atoms with van der Waals surface area (Å²) in [5.41, 5.74) is 0. The van der Waals surface area contributed by atoms with Gasteiger partial charge in [0.2, 0.25) is 0 Å². The summed E-state index contributed by atoms with van der Waals surface area (Å²) in [5, 5.41) is 0. The third kappa shape index (κ3) is 10.7. The largest absolute Gasteiger partial charge is 0.298 e. The molecule has 1 aliphatic rings. The zero-order chi connectivity index (χ0) is 20.6. The highest BCUT2D eigenvalue weighted by Crippen LogP contribution is 2.25. The fourth-order valence-corrected chi connectivity index (χ4v) is 3.79. The topological polar surface area (TPSA) is 51.2 Å². The number of rotatable bonds is 15. The molecule has 0 aromatic carbocycles. The first-order valence-corrected chi connectivity index (χ1v) is 11.4. The molecule has 0 aromatic rings. The van der Waals surface area contributed by atoms with Crippen LogP contribution in [-0.4, -0.2) is 17.3 Å². The van der Waals surface area contributed by atoms with Crippen molar-refractivity contribution >= 4 is 17.3 Å². The van der Waals surface area contributed by atoms with E-state index in [9.17, 15) is 14.4 Å². The maximum Gasteiger partial charge on any atom is 0.151 e. The molecule has 3 heteroatoms. The molecule has 0 spiro atoms. The van der Waals surface area contributed by atoms with Gasteiger partial charge in [-0.25, -0.2) is 0 Å². The van der Waals surface area contributed by atoms with E-state index in [0.717, 1.165) is 32.1 Å². The highest BCUT2D eigenvalue weighted by Gasteiger charge is 2.37. The van der Waals surface area contributed by atoms with Crippen LogP contribution < -0.4 is 0 Å². The molecule has 1 saturated carbocycles. The third-order valence-corrected chi connectivity index (χ3v) is 5.44. The van der Waals surface area contributed by atoms with Gasteiger partial charge in [-0.2, -0.15) is 0 Å². The molecule has 0 atom stereocenters. The van der Waals surface area contributed by atoms with Crippen LogP contribution >= 0.6 is 0 Å². The van der Waals surface area contributed by atoms with E-state index in [2.05, 4.69) is 31.2 Å². The SMILES string of the molecule is CCCCC/C=C\C/C=C\CCCCCCCC(=O)C1C(=O)CC(C)CC1=O. The monoisotopic (exact) mass is 388 g/mol. The van der Waals surface area contributed by atoms with Gasteiger partial charge >= 0.3 is 0 Å². The summed E-state index contributed by atoms with van der Waals surface area (Å²) in [6.07, 6.45) is 22.7. The molecule has 158 valence electrons. The van der Waals surface area contributed by atoms with Crippen molar-refractivity contribution in [2.75, 3.05) is 0 Å². The van der Waals surface area contributed by atoms with Crippen molar-refractivity contribution in [3.63, 3.8) is 0 Å². The zero-order valence-electron chi connectivity index (χ0n) is 18.1. The lowest BCUT2D eigenvalue weighted by Crippen LogP contribution is -2.37. The number of hydrogen-bond acceptors (Lipinski definition) is 3. The first-order valence-electron chi connectivity index (χ1n) is 11.4. The van der Waals surface area contributed by atoms with Gasteiger partial charge in [0.1, 0.15) is 5.92 Å². The first-order chi connectivity index (χ1) is 13.6. The molecule has 0 radical (unpaired) electrons. The molecule has 0 saturated heterocycles. The van der Waals surface area contributed by atoms with Gasteiger partial charge in [0, 0.05) is 19.3 Å². The Hall–Kier alpha value is -1.51. The minimum Gasteiger partial charge on any atom is -0.298 e. The zero-order valence-corrected chi connectivity index (χ0v) is 18.1. The molecule has 0 N–H and O–H groups in total. The Labute approximate surface area is 172 Å². The second-order valence-corrected chi connectivity index (χ2v) is 8.33. The fraction of sp³-hybridized carbons (Fsp3) is 0.720. The predicted molar refractivity (Wildman–Crippen MR) is 116 cm³/mol. The summed E-state index contributed by atoms with van der Waals surface area (Å²) in [4.78, 5) is 36.1. The maximum atomic E-state index is 12.2. The van der Waals surface area contributed by atoms with Gasteiger partial charge in [-0.3, -0.25) is 14.4 Å². The second kappa shape index (κ2) is 15.4. The molecule has 0 aromatic heterocycles. The van der Waals surface area contributed by atoms with E-state index in [1.807, 2.05) is 6.92 Å². The van der Waals surface area contributed by atoms with Crippen LogP contribution in [0.2, 0.25) is 0 Å². The Morgan fingerprint density at radius 1 is 0.821 bits per heavy atom. The Morgan fingerprint density at radius 3 is 1.96 bits per heavy atom. The van der Waals surface area contributed by atoms with Gasteiger partial charge in [-0.1, -0.05) is 70.3 Å². The van der Waals surface area contributed by atoms with Crippen molar-refractivity contribution in [1.82, 2.24) is 0 Å². The summed E-state index contributed by atoms with van der Waals surface area (Å²) in [5.74, 6) is -1.30. The molecular weight excluding hydrogens is 348 g/mol. The third-order valence-electron chi connectivity index (χ3n) is 5.44. The highest BCUT2D eigenvalue weighted by molar-refractivity contribution is 6.20. The molecule has 1 fully saturated rings. The minimum absolute atomic E-state index is 0.0971. The molecule has 1 aliphatic carbocycles. The van der Waals surface area contributed by atoms with E-state index in [-0.39, 0.29) is 23.3 Å². The molecule has 0 amide bonds. The number of unbranched alkanes of at least 4 members (excludes halogenated alkanes) is 8. The summed E-state index contributed by atoms with van der Waals surface area (Å²) in [6, 6.07) is 0. The van der Waals surface area contributed by atoms with Crippen molar-refractivity contribution in [2.45, 2.75) is 104 Å². The summed E-state index contributed by atoms with van der Waals surface area (Å²) in [6.45, 7) is 4.13. The van der Waals surface area contributed by atoms with Crippen molar-refractivity contribution in [3.05, 3.63) is 24.3 Å². The van der Waals surface area contributed by atoms with Gasteiger partial charge in [0.25, 0.3) is 0 Å². The number of allylic oxidation sites excluding steroid dienone is 4. The maximum absolute atomic E-state index is 12.2. The Morgan fingerprint density at radius 2 is 1.36 bits per heavy atom. The Bertz CT molecular complexity index is 512. The molecule has 3 nitrogen and oxygen atoms in total. The first kappa shape index (κ1) is 24.5. The number of ketones is 3. The van der Waals surface area contributed by atoms with Crippen LogP contribution in [0.5, 0.6) is 0 Å². The van der Waals surface area contributed by atoms with E-state index in [4.69, 9.17) is 0 Å². The molecule has 0 bridgehead atoms. The lowest BCUT2D eigenvalue weighted by atomic mass is 9.78. The van der Waals surface area contributed by atoms with Crippen LogP contribution in [0.1, 0.15) is 104 Å². The summed E-state index contributed by atoms with van der Waals surface area (Å²) in [7, 11) is 0. The average molecular weight is 389 g/mol. The second-order valence-electron chi connectivity index (χ2n) is 8.33. The van der Waals surface area contributed by atoms with Crippen LogP contribution in [0.15, 0.2) is 24.3 Å². The summed E-state index contributed by atoms with van der Waals surface area (Å²) >= 11 is 0. The summed E-state index contributed by atoms with van der Waals surface area (Å²) < 4.78 is 0. The lowest BCUT2D eigenvalue weighted by molar-refractivity contribution is -0.143. The normalized spacial score (nSPS) is 20.5.